The van der Waals surface area contributed by atoms with E-state index in [1.165, 1.54) is 47.1 Å². The van der Waals surface area contributed by atoms with Gasteiger partial charge in [-0.2, -0.15) is 0 Å². The lowest BCUT2D eigenvalue weighted by Gasteiger charge is -2.26. The zero-order valence-corrected chi connectivity index (χ0v) is 14.0. The van der Waals surface area contributed by atoms with Gasteiger partial charge in [-0.05, 0) is 54.6 Å². The van der Waals surface area contributed by atoms with Crippen molar-refractivity contribution in [1.29, 1.82) is 0 Å². The minimum Gasteiger partial charge on any atom is -0.361 e. The van der Waals surface area contributed by atoms with Gasteiger partial charge in [0.25, 0.3) is 0 Å². The Morgan fingerprint density at radius 3 is 2.71 bits per heavy atom. The van der Waals surface area contributed by atoms with Crippen molar-refractivity contribution in [3.63, 3.8) is 0 Å². The molecule has 0 saturated heterocycles. The van der Waals surface area contributed by atoms with Crippen LogP contribution < -0.4 is 0 Å². The number of hydrogen-bond acceptors (Lipinski definition) is 1. The fraction of sp³-hybridized carbons (Fsp3) is 0.273. The lowest BCUT2D eigenvalue weighted by Crippen LogP contribution is -2.29. The molecule has 0 atom stereocenters. The smallest absolute Gasteiger partial charge is 0.0456 e. The molecule has 2 nitrogen and oxygen atoms in total. The number of benzene rings is 2. The first-order valence-electron chi connectivity index (χ1n) is 8.92. The second-order valence-corrected chi connectivity index (χ2v) is 6.61. The number of aromatic nitrogens is 1. The predicted molar refractivity (Wildman–Crippen MR) is 102 cm³/mol. The zero-order valence-electron chi connectivity index (χ0n) is 14.0. The molecule has 3 aromatic rings. The van der Waals surface area contributed by atoms with Crippen LogP contribution in [0.4, 0.5) is 0 Å². The minimum atomic E-state index is 1.08. The average Bonchev–Trinajstić information content (AvgIpc) is 3.13. The normalized spacial score (nSPS) is 15.6. The number of nitrogens with zero attached hydrogens (tertiary/aromatic N) is 1. The molecule has 0 amide bonds. The Morgan fingerprint density at radius 2 is 1.88 bits per heavy atom. The van der Waals surface area contributed by atoms with Crippen LogP contribution in [0.2, 0.25) is 0 Å². The third kappa shape index (κ3) is 3.29. The molecule has 0 bridgehead atoms. The number of aromatic amines is 1. The Balaban J connectivity index is 1.32. The predicted octanol–water partition coefficient (Wildman–Crippen LogP) is 4.89. The summed E-state index contributed by atoms with van der Waals surface area (Å²) >= 11 is 0. The number of nitrogens with one attached hydrogen (secondary N) is 1. The van der Waals surface area contributed by atoms with Crippen molar-refractivity contribution >= 4 is 16.5 Å². The monoisotopic (exact) mass is 316 g/mol. The molecule has 0 aliphatic carbocycles. The lowest BCUT2D eigenvalue weighted by molar-refractivity contribution is 0.298. The van der Waals surface area contributed by atoms with Crippen LogP contribution >= 0.6 is 0 Å². The molecule has 1 aromatic heterocycles. The molecule has 1 aliphatic rings. The van der Waals surface area contributed by atoms with E-state index in [1.807, 2.05) is 6.20 Å². The molecule has 2 aromatic carbocycles. The zero-order chi connectivity index (χ0) is 16.2. The van der Waals surface area contributed by atoms with Gasteiger partial charge < -0.3 is 4.98 Å². The molecule has 0 fully saturated rings. The molecule has 0 unspecified atom stereocenters. The Hall–Kier alpha value is -2.32. The number of aryl methyl sites for hydroxylation is 1. The average molecular weight is 316 g/mol. The third-order valence-corrected chi connectivity index (χ3v) is 5.04. The van der Waals surface area contributed by atoms with Crippen molar-refractivity contribution in [2.24, 2.45) is 0 Å². The summed E-state index contributed by atoms with van der Waals surface area (Å²) in [6, 6.07) is 19.6. The highest BCUT2D eigenvalue weighted by atomic mass is 15.1. The van der Waals surface area contributed by atoms with E-state index in [1.54, 1.807) is 0 Å². The van der Waals surface area contributed by atoms with E-state index in [0.29, 0.717) is 0 Å². The van der Waals surface area contributed by atoms with Crippen molar-refractivity contribution in [2.75, 3.05) is 19.6 Å². The van der Waals surface area contributed by atoms with E-state index in [2.05, 4.69) is 70.6 Å². The summed E-state index contributed by atoms with van der Waals surface area (Å²) in [6.07, 6.45) is 7.98. The molecule has 122 valence electrons. The Morgan fingerprint density at radius 1 is 0.958 bits per heavy atom. The van der Waals surface area contributed by atoms with Crippen molar-refractivity contribution in [3.8, 4) is 0 Å². The van der Waals surface area contributed by atoms with Gasteiger partial charge in [0.1, 0.15) is 0 Å². The first-order valence-corrected chi connectivity index (χ1v) is 8.92. The largest absolute Gasteiger partial charge is 0.361 e. The molecule has 0 radical (unpaired) electrons. The van der Waals surface area contributed by atoms with Crippen LogP contribution in [0.15, 0.2) is 66.9 Å². The van der Waals surface area contributed by atoms with E-state index >= 15 is 0 Å². The highest BCUT2D eigenvalue weighted by molar-refractivity contribution is 5.82. The fourth-order valence-corrected chi connectivity index (χ4v) is 3.69. The molecule has 1 N–H and O–H groups in total. The molecule has 0 saturated carbocycles. The molecule has 1 aliphatic heterocycles. The molecular formula is C22H24N2. The summed E-state index contributed by atoms with van der Waals surface area (Å²) in [4.78, 5) is 5.88. The maximum Gasteiger partial charge on any atom is 0.0456 e. The highest BCUT2D eigenvalue weighted by Crippen LogP contribution is 2.23. The second kappa shape index (κ2) is 7.06. The van der Waals surface area contributed by atoms with Crippen LogP contribution in [0.25, 0.3) is 16.5 Å². The SMILES string of the molecule is C1=C(c2ccccc2)CCN(CCCc2cccc3[nH]ccc23)C1. The highest BCUT2D eigenvalue weighted by Gasteiger charge is 2.12. The van der Waals surface area contributed by atoms with Crippen LogP contribution in [0, 0.1) is 0 Å². The lowest BCUT2D eigenvalue weighted by atomic mass is 9.99. The van der Waals surface area contributed by atoms with Gasteiger partial charge in [-0.1, -0.05) is 48.5 Å². The van der Waals surface area contributed by atoms with Gasteiger partial charge in [0.2, 0.25) is 0 Å². The van der Waals surface area contributed by atoms with Crippen molar-refractivity contribution < 1.29 is 0 Å². The Bertz CT molecular complexity index is 829. The number of hydrogen-bond donors (Lipinski definition) is 1. The second-order valence-electron chi connectivity index (χ2n) is 6.61. The summed E-state index contributed by atoms with van der Waals surface area (Å²) in [5.41, 5.74) is 5.60. The summed E-state index contributed by atoms with van der Waals surface area (Å²) < 4.78 is 0. The van der Waals surface area contributed by atoms with E-state index in [9.17, 15) is 0 Å². The summed E-state index contributed by atoms with van der Waals surface area (Å²) in [6.45, 7) is 3.44. The van der Waals surface area contributed by atoms with Gasteiger partial charge in [-0.15, -0.1) is 0 Å². The quantitative estimate of drug-likeness (QED) is 0.710. The number of rotatable bonds is 5. The van der Waals surface area contributed by atoms with Crippen LogP contribution in [-0.2, 0) is 6.42 Å². The van der Waals surface area contributed by atoms with Gasteiger partial charge in [0.15, 0.2) is 0 Å². The molecule has 24 heavy (non-hydrogen) atoms. The van der Waals surface area contributed by atoms with Crippen molar-refractivity contribution in [1.82, 2.24) is 9.88 Å². The fourth-order valence-electron chi connectivity index (χ4n) is 3.69. The summed E-state index contributed by atoms with van der Waals surface area (Å²) in [5.74, 6) is 0. The van der Waals surface area contributed by atoms with Gasteiger partial charge in [0, 0.05) is 30.2 Å². The first kappa shape index (κ1) is 15.2. The van der Waals surface area contributed by atoms with Crippen LogP contribution in [0.1, 0.15) is 24.0 Å². The van der Waals surface area contributed by atoms with Crippen LogP contribution in [-0.4, -0.2) is 29.5 Å². The summed E-state index contributed by atoms with van der Waals surface area (Å²) in [7, 11) is 0. The van der Waals surface area contributed by atoms with E-state index in [4.69, 9.17) is 0 Å². The van der Waals surface area contributed by atoms with Gasteiger partial charge >= 0.3 is 0 Å². The standard InChI is InChI=1S/C22H24N2/c1-2-6-18(7-3-1)19-12-16-24(17-13-19)15-5-9-20-8-4-10-22-21(20)11-14-23-22/h1-4,6-8,10-12,14,23H,5,9,13,15-17H2. The molecular weight excluding hydrogens is 292 g/mol. The molecule has 2 heteroatoms. The van der Waals surface area contributed by atoms with Crippen molar-refractivity contribution in [3.05, 3.63) is 78.0 Å². The molecule has 4 rings (SSSR count). The Labute approximate surface area is 143 Å². The minimum absolute atomic E-state index is 1.08. The summed E-state index contributed by atoms with van der Waals surface area (Å²) in [5, 5.41) is 1.38. The maximum absolute atomic E-state index is 3.30. The topological polar surface area (TPSA) is 19.0 Å². The van der Waals surface area contributed by atoms with E-state index < -0.39 is 0 Å². The molecule has 0 spiro atoms. The first-order chi connectivity index (χ1) is 11.9. The number of fused-ring (bicyclic) bond motifs is 1. The maximum atomic E-state index is 3.30. The van der Waals surface area contributed by atoms with E-state index in [-0.39, 0.29) is 0 Å². The number of H-pyrrole nitrogens is 1. The van der Waals surface area contributed by atoms with Crippen LogP contribution in [0.3, 0.4) is 0 Å². The van der Waals surface area contributed by atoms with E-state index in [0.717, 1.165) is 19.4 Å². The Kier molecular flexibility index (Phi) is 4.48. The third-order valence-electron chi connectivity index (χ3n) is 5.04. The van der Waals surface area contributed by atoms with Gasteiger partial charge in [-0.25, -0.2) is 0 Å². The van der Waals surface area contributed by atoms with Crippen LogP contribution in [0.5, 0.6) is 0 Å². The van der Waals surface area contributed by atoms with Gasteiger partial charge in [-0.3, -0.25) is 4.90 Å². The van der Waals surface area contributed by atoms with Gasteiger partial charge in [0.05, 0.1) is 0 Å². The molecule has 2 heterocycles. The van der Waals surface area contributed by atoms with Crippen molar-refractivity contribution in [2.45, 2.75) is 19.3 Å².